The van der Waals surface area contributed by atoms with Gasteiger partial charge in [-0.3, -0.25) is 10.8 Å². The van der Waals surface area contributed by atoms with Crippen molar-refractivity contribution in [2.45, 2.75) is 13.8 Å². The molecule has 0 aliphatic carbocycles. The molecule has 1 aromatic rings. The Labute approximate surface area is 172 Å². The molecule has 1 amide bonds. The first-order valence-electron chi connectivity index (χ1n) is 7.34. The summed E-state index contributed by atoms with van der Waals surface area (Å²) in [5.74, 6) is 1.63. The van der Waals surface area contributed by atoms with E-state index in [1.54, 1.807) is 51.8 Å². The summed E-state index contributed by atoms with van der Waals surface area (Å²) in [6, 6.07) is 6.82. The molecule has 0 spiro atoms. The minimum atomic E-state index is -0.434. The van der Waals surface area contributed by atoms with Crippen molar-refractivity contribution < 1.29 is 39.4 Å². The fraction of sp³-hybridized carbons (Fsp3) is 0.316. The molecule has 0 bridgehead atoms. The van der Waals surface area contributed by atoms with Gasteiger partial charge in [-0.1, -0.05) is 6.07 Å². The van der Waals surface area contributed by atoms with E-state index in [-0.39, 0.29) is 7.43 Å². The number of allylic oxidation sites excluding steroid dienone is 1. The normalized spacial score (nSPS) is 8.12. The van der Waals surface area contributed by atoms with Crippen molar-refractivity contribution in [3.63, 3.8) is 0 Å². The Hall–Kier alpha value is -1.39. The van der Waals surface area contributed by atoms with Crippen molar-refractivity contribution in [3.8, 4) is 9.78 Å². The number of rotatable bonds is 6. The second kappa shape index (κ2) is 28.4. The van der Waals surface area contributed by atoms with E-state index in [9.17, 15) is 4.79 Å². The van der Waals surface area contributed by atoms with Crippen LogP contribution < -0.4 is 10.5 Å². The third kappa shape index (κ3) is 27.5. The van der Waals surface area contributed by atoms with Crippen LogP contribution in [0.4, 0.5) is 0 Å². The standard InChI is InChI=1S/C9H11NO2.C4H9O2.C3H4B.C2H3.CH3.Nb/c1-2-12-8-5-3-4-7(6-8)9(10)11;1-5-3-4-6-2;1-2-3-4;1-2;;/h3-6H,2H2,1H3,(H2,10,11);1,3-4H2,2H3;2-3H,1H2;1H3;1H3;/q;2*-1;;-1;/b;;3-2+;;;. The minimum absolute atomic E-state index is 0. The number of nitrogens with two attached hydrogens (primary N) is 1. The van der Waals surface area contributed by atoms with Crippen molar-refractivity contribution in [1.82, 2.24) is 0 Å². The molecule has 7 heteroatoms. The molecule has 5 nitrogen and oxygen atoms in total. The van der Waals surface area contributed by atoms with E-state index in [1.807, 2.05) is 13.8 Å². The zero-order chi connectivity index (χ0) is 19.9. The summed E-state index contributed by atoms with van der Waals surface area (Å²) < 4.78 is 17.0. The van der Waals surface area contributed by atoms with Crippen LogP contribution in [0, 0.1) is 25.5 Å². The minimum Gasteiger partial charge on any atom is -0.553 e. The van der Waals surface area contributed by atoms with Gasteiger partial charge in [0.25, 0.3) is 0 Å². The maximum atomic E-state index is 10.7. The molecule has 0 fully saturated rings. The number of primary amides is 1. The molecule has 146 valence electrons. The van der Waals surface area contributed by atoms with E-state index >= 15 is 0 Å². The van der Waals surface area contributed by atoms with E-state index in [0.717, 1.165) is 0 Å². The van der Waals surface area contributed by atoms with Gasteiger partial charge in [0, 0.05) is 19.3 Å². The molecule has 0 saturated carbocycles. The maximum Gasteiger partial charge on any atom is 0.0666 e. The van der Waals surface area contributed by atoms with Crippen molar-refractivity contribution in [3.05, 3.63) is 63.3 Å². The molecule has 0 heterocycles. The van der Waals surface area contributed by atoms with Gasteiger partial charge in [0.1, 0.15) is 5.75 Å². The number of carbonyl (C=O) groups excluding carboxylic acids is 1. The summed E-state index contributed by atoms with van der Waals surface area (Å²) in [7, 11) is 9.55. The Kier molecular flexibility index (Phi) is 35.3. The number of methoxy groups -OCH3 is 1. The number of hydrogen-bond donors (Lipinski definition) is 1. The molecule has 0 aliphatic heterocycles. The average Bonchev–Trinajstić information content (AvgIpc) is 2.62. The van der Waals surface area contributed by atoms with E-state index in [2.05, 4.69) is 27.5 Å². The summed E-state index contributed by atoms with van der Waals surface area (Å²) in [6.45, 7) is 8.88. The predicted octanol–water partition coefficient (Wildman–Crippen LogP) is 3.09. The summed E-state index contributed by atoms with van der Waals surface area (Å²) in [6.07, 6.45) is 1.53. The molecule has 0 atom stereocenters. The van der Waals surface area contributed by atoms with Crippen LogP contribution in [-0.2, 0) is 29.9 Å². The van der Waals surface area contributed by atoms with Crippen LogP contribution in [0.25, 0.3) is 0 Å². The smallest absolute Gasteiger partial charge is 0.0666 e. The molecular formula is C19H30BNNbO4-3. The zero-order valence-electron chi connectivity index (χ0n) is 16.2. The van der Waals surface area contributed by atoms with E-state index < -0.39 is 5.91 Å². The van der Waals surface area contributed by atoms with Crippen molar-refractivity contribution in [1.29, 1.82) is 0 Å². The van der Waals surface area contributed by atoms with Crippen LogP contribution in [0.1, 0.15) is 24.2 Å². The van der Waals surface area contributed by atoms with Crippen LogP contribution in [0.15, 0.2) is 36.3 Å². The van der Waals surface area contributed by atoms with E-state index in [4.69, 9.17) is 18.3 Å². The van der Waals surface area contributed by atoms with Crippen molar-refractivity contribution in [2.75, 3.05) is 26.9 Å². The third-order valence-electron chi connectivity index (χ3n) is 2.00. The Morgan fingerprint density at radius 3 is 2.27 bits per heavy atom. The first-order chi connectivity index (χ1) is 12.0. The summed E-state index contributed by atoms with van der Waals surface area (Å²) in [5.41, 5.74) is 5.56. The van der Waals surface area contributed by atoms with Crippen LogP contribution in [-0.4, -0.2) is 40.7 Å². The van der Waals surface area contributed by atoms with Gasteiger partial charge in [0.15, 0.2) is 0 Å². The van der Waals surface area contributed by atoms with Gasteiger partial charge in [-0.2, -0.15) is 0 Å². The second-order valence-electron chi connectivity index (χ2n) is 3.88. The Morgan fingerprint density at radius 1 is 1.42 bits per heavy atom. The second-order valence-corrected chi connectivity index (χ2v) is 4.98. The number of benzene rings is 1. The molecule has 1 aromatic carbocycles. The predicted molar refractivity (Wildman–Crippen MR) is 106 cm³/mol. The zero-order valence-corrected chi connectivity index (χ0v) is 18.4. The fourth-order valence-corrected chi connectivity index (χ4v) is 1.05. The quantitative estimate of drug-likeness (QED) is 0.420. The largest absolute Gasteiger partial charge is 0.553 e. The molecule has 26 heavy (non-hydrogen) atoms. The van der Waals surface area contributed by atoms with Gasteiger partial charge in [0.2, 0.25) is 5.91 Å². The number of amides is 1. The van der Waals surface area contributed by atoms with Crippen LogP contribution in [0.2, 0.25) is 0 Å². The molecular weight excluding hydrogens is 410 g/mol. The Balaban J connectivity index is -0.000000146. The summed E-state index contributed by atoms with van der Waals surface area (Å²) in [4.78, 5) is 10.7. The molecule has 0 aromatic heterocycles. The van der Waals surface area contributed by atoms with Crippen molar-refractivity contribution >= 4 is 13.8 Å². The third-order valence-corrected chi connectivity index (χ3v) is 2.00. The van der Waals surface area contributed by atoms with Crippen LogP contribution >= 0.6 is 0 Å². The molecule has 0 aliphatic rings. The monoisotopic (exact) mass is 440 g/mol. The fourth-order valence-electron chi connectivity index (χ4n) is 1.05. The van der Waals surface area contributed by atoms with Gasteiger partial charge in [-0.05, 0) is 33.0 Å². The SMILES string of the molecule is CCOc1cccc(C(N)=O)c1.C[C]#[Nb].[B]/C=C/[CH2-].[CH2-]OCCOC.[CH3-]. The Bertz CT molecular complexity index is 483. The van der Waals surface area contributed by atoms with Gasteiger partial charge in [-0.25, -0.2) is 20.1 Å². The van der Waals surface area contributed by atoms with Gasteiger partial charge >= 0.3 is 31.3 Å². The first kappa shape index (κ1) is 32.3. The van der Waals surface area contributed by atoms with E-state index in [1.165, 1.54) is 12.1 Å². The molecule has 0 unspecified atom stereocenters. The van der Waals surface area contributed by atoms with Gasteiger partial charge in [-0.15, -0.1) is 0 Å². The first-order valence-corrected chi connectivity index (χ1v) is 8.44. The maximum absolute atomic E-state index is 10.7. The summed E-state index contributed by atoms with van der Waals surface area (Å²) in [5, 5.41) is 0. The molecule has 1 rings (SSSR count). The van der Waals surface area contributed by atoms with Gasteiger partial charge < -0.3 is 27.4 Å². The number of hydrogen-bond acceptors (Lipinski definition) is 4. The summed E-state index contributed by atoms with van der Waals surface area (Å²) >= 11 is 1.60. The molecule has 0 saturated heterocycles. The number of ether oxygens (including phenoxy) is 3. The molecule has 2 radical (unpaired) electrons. The number of carbonyl (C=O) groups is 1. The van der Waals surface area contributed by atoms with E-state index in [0.29, 0.717) is 31.1 Å². The average molecular weight is 440 g/mol. The topological polar surface area (TPSA) is 70.8 Å². The van der Waals surface area contributed by atoms with Crippen LogP contribution in [0.5, 0.6) is 5.75 Å². The van der Waals surface area contributed by atoms with Crippen molar-refractivity contribution in [2.24, 2.45) is 5.73 Å². The van der Waals surface area contributed by atoms with Gasteiger partial charge in [0.05, 0.1) is 13.2 Å². The Morgan fingerprint density at radius 2 is 1.96 bits per heavy atom. The van der Waals surface area contributed by atoms with Crippen LogP contribution in [0.3, 0.4) is 0 Å². The molecule has 2 N–H and O–H groups in total.